The number of benzene rings is 7. The zero-order valence-corrected chi connectivity index (χ0v) is 35.8. The van der Waals surface area contributed by atoms with Crippen LogP contribution >= 0.6 is 0 Å². The lowest BCUT2D eigenvalue weighted by Gasteiger charge is -2.43. The fraction of sp³-hybridized carbons (Fsp3) is 0.241. The van der Waals surface area contributed by atoms with Gasteiger partial charge in [0.1, 0.15) is 5.58 Å². The third-order valence-electron chi connectivity index (χ3n) is 12.5. The zero-order valence-electron chi connectivity index (χ0n) is 58.8. The number of furan rings is 1. The molecule has 4 nitrogen and oxygen atoms in total. The smallest absolute Gasteiger partial charge is 0.257 e. The summed E-state index contributed by atoms with van der Waals surface area (Å²) < 4.78 is 225. The highest BCUT2D eigenvalue weighted by Crippen LogP contribution is 2.51. The van der Waals surface area contributed by atoms with Crippen LogP contribution in [0.5, 0.6) is 0 Å². The van der Waals surface area contributed by atoms with Crippen molar-refractivity contribution in [3.63, 3.8) is 0 Å². The van der Waals surface area contributed by atoms with E-state index in [0.717, 1.165) is 9.80 Å². The van der Waals surface area contributed by atoms with Crippen LogP contribution in [-0.4, -0.2) is 6.71 Å². The fourth-order valence-corrected chi connectivity index (χ4v) is 9.84. The molecule has 0 radical (unpaired) electrons. The number of fused-ring (bicyclic) bond motifs is 8. The summed E-state index contributed by atoms with van der Waals surface area (Å²) in [5.41, 5.74) is -4.09. The standard InChI is InChI=1S/C58H54BN3O/c1-56(2,3)41-23-26-44(27-24-41)62-51-32-46(60(42-16-10-8-11-17-42)43-18-12-9-13-19-43)31-50-54(51)59(53-47-20-14-15-21-52(47)63-55(53)62)48-29-39-35-58(6,7)36-40(39)30-49(48)61(50)45-25-22-37-33-57(4,5)34-38(37)28-45/h8-32H,33-36H2,1-7H3/i8D,9D,10D,11D,12D,13D,14D,15D,16D,17D,18D,19D,20D,21D,22D,23D,24D,25D,26D,27D,28D,29D,30D. The summed E-state index contributed by atoms with van der Waals surface area (Å²) in [6.07, 6.45) is 1.12. The highest BCUT2D eigenvalue weighted by atomic mass is 16.4. The second kappa shape index (κ2) is 13.5. The molecule has 0 saturated heterocycles. The van der Waals surface area contributed by atoms with Crippen LogP contribution in [0.3, 0.4) is 0 Å². The fourth-order valence-electron chi connectivity index (χ4n) is 9.84. The monoisotopic (exact) mass is 843 g/mol. The molecule has 0 spiro atoms. The molecule has 1 aromatic heterocycles. The number of rotatable bonds is 5. The Hall–Kier alpha value is -6.46. The van der Waals surface area contributed by atoms with E-state index in [2.05, 4.69) is 0 Å². The minimum Gasteiger partial charge on any atom is -0.440 e. The van der Waals surface area contributed by atoms with Crippen molar-refractivity contribution in [1.82, 2.24) is 0 Å². The van der Waals surface area contributed by atoms with Crippen LogP contribution in [0.2, 0.25) is 0 Å². The van der Waals surface area contributed by atoms with Crippen LogP contribution < -0.4 is 31.1 Å². The van der Waals surface area contributed by atoms with Gasteiger partial charge < -0.3 is 14.2 Å². The Balaban J connectivity index is 1.39. The maximum Gasteiger partial charge on any atom is 0.257 e. The first-order chi connectivity index (χ1) is 39.9. The highest BCUT2D eigenvalue weighted by molar-refractivity contribution is 7.01. The molecule has 2 aliphatic heterocycles. The van der Waals surface area contributed by atoms with Crippen LogP contribution in [-0.2, 0) is 31.1 Å². The van der Waals surface area contributed by atoms with Gasteiger partial charge in [-0.05, 0) is 153 Å². The highest BCUT2D eigenvalue weighted by Gasteiger charge is 2.48. The van der Waals surface area contributed by atoms with E-state index in [4.69, 9.17) is 15.4 Å². The van der Waals surface area contributed by atoms with E-state index in [1.807, 2.05) is 27.7 Å². The van der Waals surface area contributed by atoms with E-state index in [1.165, 1.54) is 17.0 Å². The summed E-state index contributed by atoms with van der Waals surface area (Å²) in [4.78, 5) is 3.37. The van der Waals surface area contributed by atoms with Crippen LogP contribution in [0.1, 0.15) is 108 Å². The van der Waals surface area contributed by atoms with Gasteiger partial charge in [0.15, 0.2) is 0 Å². The lowest BCUT2D eigenvalue weighted by Crippen LogP contribution is -2.61. The van der Waals surface area contributed by atoms with Crippen molar-refractivity contribution in [1.29, 1.82) is 0 Å². The van der Waals surface area contributed by atoms with E-state index < -0.39 is 172 Å². The van der Waals surface area contributed by atoms with Crippen molar-refractivity contribution >= 4 is 85.5 Å². The SMILES string of the molecule is [2H]c1c([2H])c([2H])c(N(c2cc3c4c(c2)N(c2c([2H])c([2H])c5c(c2[2H])CC(C)(C)C5)c2c([2H])c5c(c([2H])c2B4c2c(oc4c([2H])c([2H])c([2H])c([2H])c24)N3c2c([2H])c([2H])c(C(C)(C)C)c([2H])c2[2H])CC(C)(C)C5)c2c([2H])c([2H])c([2H])c([2H])c2[2H])c([2H])c1[2H]. The first-order valence-electron chi connectivity index (χ1n) is 32.5. The molecule has 7 aromatic carbocycles. The molecule has 8 aromatic rings. The van der Waals surface area contributed by atoms with Gasteiger partial charge in [-0.1, -0.05) is 127 Å². The van der Waals surface area contributed by atoms with Crippen LogP contribution in [0, 0.1) is 10.8 Å². The first kappa shape index (κ1) is 21.3. The molecule has 2 aliphatic carbocycles. The van der Waals surface area contributed by atoms with Gasteiger partial charge in [-0.25, -0.2) is 0 Å². The third-order valence-corrected chi connectivity index (χ3v) is 12.5. The Morgan fingerprint density at radius 1 is 0.556 bits per heavy atom. The first-order valence-corrected chi connectivity index (χ1v) is 21.0. The minimum atomic E-state index is -1.50. The summed E-state index contributed by atoms with van der Waals surface area (Å²) in [5, 5.41) is -0.232. The summed E-state index contributed by atoms with van der Waals surface area (Å²) >= 11 is 0. The Morgan fingerprint density at radius 2 is 1.11 bits per heavy atom. The van der Waals surface area contributed by atoms with Crippen molar-refractivity contribution in [2.75, 3.05) is 14.7 Å². The van der Waals surface area contributed by atoms with Gasteiger partial charge in [-0.15, -0.1) is 0 Å². The molecule has 0 N–H and O–H groups in total. The van der Waals surface area contributed by atoms with Crippen LogP contribution in [0.4, 0.5) is 51.4 Å². The van der Waals surface area contributed by atoms with Crippen molar-refractivity contribution in [2.24, 2.45) is 10.8 Å². The average molecular weight is 843 g/mol. The summed E-state index contributed by atoms with van der Waals surface area (Å²) in [6.45, 7) is 11.4. The number of para-hydroxylation sites is 3. The predicted molar refractivity (Wildman–Crippen MR) is 266 cm³/mol. The Labute approximate surface area is 405 Å². The minimum absolute atomic E-state index is 0.000964. The van der Waals surface area contributed by atoms with Crippen LogP contribution in [0.15, 0.2) is 156 Å². The van der Waals surface area contributed by atoms with E-state index in [9.17, 15) is 20.6 Å². The molecular weight excluding hydrogens is 765 g/mol. The van der Waals surface area contributed by atoms with E-state index in [1.54, 1.807) is 20.8 Å². The average Bonchev–Trinajstić information content (AvgIpc) is 1.20. The molecule has 63 heavy (non-hydrogen) atoms. The normalized spacial score (nSPS) is 21.5. The van der Waals surface area contributed by atoms with Gasteiger partial charge in [0, 0.05) is 50.7 Å². The number of nitrogens with zero attached hydrogens (tertiary/aromatic N) is 3. The quantitative estimate of drug-likeness (QED) is 0.161. The molecule has 0 atom stereocenters. The third kappa shape index (κ3) is 6.10. The molecule has 12 rings (SSSR count). The summed E-state index contributed by atoms with van der Waals surface area (Å²) in [6, 6.07) is -12.7. The zero-order chi connectivity index (χ0) is 63.0. The van der Waals surface area contributed by atoms with Crippen molar-refractivity contribution < 1.29 is 35.9 Å². The molecule has 0 fully saturated rings. The van der Waals surface area contributed by atoms with Gasteiger partial charge in [-0.3, -0.25) is 4.90 Å². The molecule has 310 valence electrons. The molecule has 0 saturated carbocycles. The maximum absolute atomic E-state index is 10.5. The molecule has 4 aliphatic rings. The molecular formula is C58H54BN3O. The number of hydrogen-bond donors (Lipinski definition) is 0. The Morgan fingerprint density at radius 3 is 1.76 bits per heavy atom. The van der Waals surface area contributed by atoms with E-state index in [0.29, 0.717) is 28.7 Å². The topological polar surface area (TPSA) is 22.9 Å². The Bertz CT molecular complexity index is 4340. The largest absolute Gasteiger partial charge is 0.440 e. The second-order valence-electron chi connectivity index (χ2n) is 19.5. The molecule has 0 unspecified atom stereocenters. The second-order valence-corrected chi connectivity index (χ2v) is 19.5. The van der Waals surface area contributed by atoms with E-state index in [-0.39, 0.29) is 93.5 Å². The molecule has 3 heterocycles. The Kier molecular flexibility index (Phi) is 4.57. The van der Waals surface area contributed by atoms with Gasteiger partial charge in [0.2, 0.25) is 5.88 Å². The lowest BCUT2D eigenvalue weighted by atomic mass is 9.33. The number of anilines is 9. The van der Waals surface area contributed by atoms with Crippen molar-refractivity contribution in [2.45, 2.75) is 79.6 Å². The molecule has 0 amide bonds. The molecule has 5 heteroatoms. The van der Waals surface area contributed by atoms with Gasteiger partial charge in [0.25, 0.3) is 6.71 Å². The summed E-state index contributed by atoms with van der Waals surface area (Å²) in [5.74, 6) is -0.421. The van der Waals surface area contributed by atoms with Crippen molar-refractivity contribution in [3.05, 3.63) is 179 Å². The van der Waals surface area contributed by atoms with Gasteiger partial charge >= 0.3 is 0 Å². The predicted octanol–water partition coefficient (Wildman–Crippen LogP) is 13.5. The molecule has 0 bridgehead atoms. The maximum atomic E-state index is 10.5. The lowest BCUT2D eigenvalue weighted by molar-refractivity contribution is 0.392. The van der Waals surface area contributed by atoms with Gasteiger partial charge in [-0.2, -0.15) is 0 Å². The number of hydrogen-bond acceptors (Lipinski definition) is 4. The summed E-state index contributed by atoms with van der Waals surface area (Å²) in [7, 11) is 0. The van der Waals surface area contributed by atoms with Crippen molar-refractivity contribution in [3.8, 4) is 0 Å². The van der Waals surface area contributed by atoms with Gasteiger partial charge in [0.05, 0.1) is 37.2 Å². The van der Waals surface area contributed by atoms with E-state index >= 15 is 0 Å². The van der Waals surface area contributed by atoms with Crippen LogP contribution in [0.25, 0.3) is 11.0 Å².